The molecule has 70 valence electrons. The van der Waals surface area contributed by atoms with E-state index < -0.39 is 0 Å². The van der Waals surface area contributed by atoms with Crippen LogP contribution in [-0.4, -0.2) is 4.37 Å². The van der Waals surface area contributed by atoms with Crippen molar-refractivity contribution in [3.05, 3.63) is 29.5 Å². The lowest BCUT2D eigenvalue weighted by atomic mass is 10.1. The summed E-state index contributed by atoms with van der Waals surface area (Å²) in [5.41, 5.74) is 7.82. The minimum atomic E-state index is 0. The zero-order valence-electron chi connectivity index (χ0n) is 7.28. The van der Waals surface area contributed by atoms with Crippen molar-refractivity contribution in [2.24, 2.45) is 5.73 Å². The molecule has 4 heteroatoms. The van der Waals surface area contributed by atoms with Crippen molar-refractivity contribution >= 4 is 34.0 Å². The molecule has 0 amide bonds. The maximum absolute atomic E-state index is 5.54. The fourth-order valence-corrected chi connectivity index (χ4v) is 2.00. The van der Waals surface area contributed by atoms with E-state index in [1.165, 1.54) is 15.6 Å². The molecule has 0 aliphatic carbocycles. The lowest BCUT2D eigenvalue weighted by Gasteiger charge is -1.95. The molecule has 0 fully saturated rings. The number of aryl methyl sites for hydroxylation is 1. The fourth-order valence-electron chi connectivity index (χ4n) is 1.23. The number of aromatic nitrogens is 1. The highest BCUT2D eigenvalue weighted by Crippen LogP contribution is 2.22. The van der Waals surface area contributed by atoms with E-state index in [0.717, 1.165) is 5.69 Å². The molecule has 0 unspecified atom stereocenters. The van der Waals surface area contributed by atoms with Crippen molar-refractivity contribution in [1.82, 2.24) is 4.37 Å². The zero-order chi connectivity index (χ0) is 8.55. The lowest BCUT2D eigenvalue weighted by Crippen LogP contribution is -1.94. The van der Waals surface area contributed by atoms with E-state index in [2.05, 4.69) is 22.6 Å². The predicted octanol–water partition coefficient (Wildman–Crippen LogP) is 2.49. The number of benzene rings is 1. The number of hydrogen-bond donors (Lipinski definition) is 1. The Kier molecular flexibility index (Phi) is 3.25. The molecule has 2 aromatic rings. The third kappa shape index (κ3) is 1.82. The van der Waals surface area contributed by atoms with Crippen LogP contribution in [0.15, 0.2) is 18.2 Å². The molecule has 2 N–H and O–H groups in total. The maximum Gasteiger partial charge on any atom is 0.0590 e. The summed E-state index contributed by atoms with van der Waals surface area (Å²) >= 11 is 1.54. The summed E-state index contributed by atoms with van der Waals surface area (Å²) in [6.07, 6.45) is 0. The van der Waals surface area contributed by atoms with Crippen LogP contribution >= 0.6 is 23.9 Å². The van der Waals surface area contributed by atoms with Gasteiger partial charge in [-0.25, -0.2) is 0 Å². The summed E-state index contributed by atoms with van der Waals surface area (Å²) in [6, 6.07) is 6.26. The largest absolute Gasteiger partial charge is 0.326 e. The van der Waals surface area contributed by atoms with Gasteiger partial charge in [0.05, 0.1) is 10.4 Å². The summed E-state index contributed by atoms with van der Waals surface area (Å²) in [7, 11) is 0. The maximum atomic E-state index is 5.54. The first-order chi connectivity index (χ1) is 5.81. The number of fused-ring (bicyclic) bond motifs is 1. The first kappa shape index (κ1) is 10.4. The Hall–Kier alpha value is -0.640. The second kappa shape index (κ2) is 4.05. The summed E-state index contributed by atoms with van der Waals surface area (Å²) in [6.45, 7) is 2.63. The molecule has 2 rings (SSSR count). The Balaban J connectivity index is 0.000000845. The van der Waals surface area contributed by atoms with Gasteiger partial charge in [-0.15, -0.1) is 12.4 Å². The molecule has 0 bridgehead atoms. The van der Waals surface area contributed by atoms with Gasteiger partial charge in [-0.2, -0.15) is 4.37 Å². The van der Waals surface area contributed by atoms with Crippen molar-refractivity contribution in [3.63, 3.8) is 0 Å². The Bertz CT molecular complexity index is 411. The summed E-state index contributed by atoms with van der Waals surface area (Å²) in [4.78, 5) is 0. The van der Waals surface area contributed by atoms with Crippen molar-refractivity contribution in [3.8, 4) is 0 Å². The van der Waals surface area contributed by atoms with Crippen molar-refractivity contribution in [2.45, 2.75) is 13.5 Å². The number of hydrogen-bond acceptors (Lipinski definition) is 3. The molecule has 1 aromatic heterocycles. The van der Waals surface area contributed by atoms with Gasteiger partial charge in [0.15, 0.2) is 0 Å². The van der Waals surface area contributed by atoms with Gasteiger partial charge < -0.3 is 5.73 Å². The average molecular weight is 215 g/mol. The van der Waals surface area contributed by atoms with Crippen molar-refractivity contribution in [2.75, 3.05) is 0 Å². The number of halogens is 1. The second-order valence-electron chi connectivity index (χ2n) is 2.80. The first-order valence-electron chi connectivity index (χ1n) is 3.86. The van der Waals surface area contributed by atoms with E-state index in [0.29, 0.717) is 6.54 Å². The molecule has 1 aromatic carbocycles. The van der Waals surface area contributed by atoms with E-state index in [1.54, 1.807) is 11.5 Å². The standard InChI is InChI=1S/C9H10N2S.ClH/c1-6-8-4-7(5-10)2-3-9(8)12-11-6;/h2-4H,5,10H2,1H3;1H. The Morgan fingerprint density at radius 3 is 2.92 bits per heavy atom. The van der Waals surface area contributed by atoms with Crippen LogP contribution in [-0.2, 0) is 6.54 Å². The van der Waals surface area contributed by atoms with Crippen LogP contribution in [0.5, 0.6) is 0 Å². The third-order valence-electron chi connectivity index (χ3n) is 1.95. The zero-order valence-corrected chi connectivity index (χ0v) is 8.91. The van der Waals surface area contributed by atoms with Gasteiger partial charge in [0.25, 0.3) is 0 Å². The van der Waals surface area contributed by atoms with Crippen LogP contribution < -0.4 is 5.73 Å². The molecule has 0 aliphatic heterocycles. The molecule has 0 saturated heterocycles. The van der Waals surface area contributed by atoms with E-state index in [1.807, 2.05) is 6.92 Å². The van der Waals surface area contributed by atoms with Crippen molar-refractivity contribution < 1.29 is 0 Å². The molecule has 0 radical (unpaired) electrons. The van der Waals surface area contributed by atoms with Crippen molar-refractivity contribution in [1.29, 1.82) is 0 Å². The predicted molar refractivity (Wildman–Crippen MR) is 59.5 cm³/mol. The fraction of sp³-hybridized carbons (Fsp3) is 0.222. The molecule has 1 heterocycles. The topological polar surface area (TPSA) is 38.9 Å². The highest BCUT2D eigenvalue weighted by atomic mass is 35.5. The molecule has 13 heavy (non-hydrogen) atoms. The molecule has 2 nitrogen and oxygen atoms in total. The van der Waals surface area contributed by atoms with Gasteiger partial charge in [-0.05, 0) is 36.2 Å². The van der Waals surface area contributed by atoms with Gasteiger partial charge in [-0.3, -0.25) is 0 Å². The minimum Gasteiger partial charge on any atom is -0.326 e. The average Bonchev–Trinajstić information content (AvgIpc) is 2.47. The number of nitrogens with zero attached hydrogens (tertiary/aromatic N) is 1. The van der Waals surface area contributed by atoms with Crippen LogP contribution in [0.1, 0.15) is 11.3 Å². The normalized spacial score (nSPS) is 10.0. The van der Waals surface area contributed by atoms with Gasteiger partial charge in [0.2, 0.25) is 0 Å². The van der Waals surface area contributed by atoms with E-state index in [9.17, 15) is 0 Å². The monoisotopic (exact) mass is 214 g/mol. The smallest absolute Gasteiger partial charge is 0.0590 e. The Labute approximate surface area is 87.3 Å². The summed E-state index contributed by atoms with van der Waals surface area (Å²) in [5.74, 6) is 0. The SMILES string of the molecule is Cc1nsc2ccc(CN)cc12.Cl. The van der Waals surface area contributed by atoms with Crippen LogP contribution in [0.25, 0.3) is 10.1 Å². The number of rotatable bonds is 1. The van der Waals surface area contributed by atoms with Crippen LogP contribution in [0.2, 0.25) is 0 Å². The lowest BCUT2D eigenvalue weighted by molar-refractivity contribution is 1.08. The first-order valence-corrected chi connectivity index (χ1v) is 4.63. The van der Waals surface area contributed by atoms with Gasteiger partial charge in [0, 0.05) is 11.9 Å². The van der Waals surface area contributed by atoms with Crippen LogP contribution in [0, 0.1) is 6.92 Å². The van der Waals surface area contributed by atoms with Crippen LogP contribution in [0.4, 0.5) is 0 Å². The van der Waals surface area contributed by atoms with Gasteiger partial charge >= 0.3 is 0 Å². The van der Waals surface area contributed by atoms with Crippen LogP contribution in [0.3, 0.4) is 0 Å². The third-order valence-corrected chi connectivity index (χ3v) is 2.87. The second-order valence-corrected chi connectivity index (χ2v) is 3.61. The van der Waals surface area contributed by atoms with Gasteiger partial charge in [0.1, 0.15) is 0 Å². The van der Waals surface area contributed by atoms with Gasteiger partial charge in [-0.1, -0.05) is 6.07 Å². The highest BCUT2D eigenvalue weighted by molar-refractivity contribution is 7.13. The molecule has 0 spiro atoms. The summed E-state index contributed by atoms with van der Waals surface area (Å²) < 4.78 is 5.51. The van der Waals surface area contributed by atoms with E-state index >= 15 is 0 Å². The molecular weight excluding hydrogens is 204 g/mol. The summed E-state index contributed by atoms with van der Waals surface area (Å²) in [5, 5.41) is 1.24. The quantitative estimate of drug-likeness (QED) is 0.792. The molecule has 0 saturated carbocycles. The molecule has 0 aliphatic rings. The Morgan fingerprint density at radius 1 is 1.46 bits per heavy atom. The molecular formula is C9H11ClN2S. The van der Waals surface area contributed by atoms with E-state index in [4.69, 9.17) is 5.73 Å². The Morgan fingerprint density at radius 2 is 2.23 bits per heavy atom. The molecule has 0 atom stereocenters. The minimum absolute atomic E-state index is 0. The van der Waals surface area contributed by atoms with E-state index in [-0.39, 0.29) is 12.4 Å². The number of nitrogens with two attached hydrogens (primary N) is 1. The highest BCUT2D eigenvalue weighted by Gasteiger charge is 2.01.